The zero-order chi connectivity index (χ0) is 14.8. The normalized spacial score (nSPS) is 21.5. The fourth-order valence-corrected chi connectivity index (χ4v) is 2.53. The molecule has 0 unspecified atom stereocenters. The van der Waals surface area contributed by atoms with E-state index in [1.807, 2.05) is 24.9 Å². The van der Waals surface area contributed by atoms with Gasteiger partial charge in [-0.1, -0.05) is 0 Å². The fourth-order valence-electron chi connectivity index (χ4n) is 2.53. The van der Waals surface area contributed by atoms with Gasteiger partial charge in [-0.3, -0.25) is 4.68 Å². The number of aryl methyl sites for hydroxylation is 1. The topological polar surface area (TPSA) is 74.1 Å². The highest BCUT2D eigenvalue weighted by atomic mass is 16.5. The van der Waals surface area contributed by atoms with Crippen LogP contribution in [0, 0.1) is 6.92 Å². The standard InChI is InChI=1S/C14H19N5O2/c1-9-10(8-16-19(9)2)13-11(5-7-21-13)17-14-15-6-4-12(18-14)20-3/h4,6,8,11,13H,5,7H2,1-3H3,(H,15,17,18)/t11-,13+/m0/s1. The molecule has 0 amide bonds. The van der Waals surface area contributed by atoms with E-state index in [1.165, 1.54) is 0 Å². The molecule has 7 nitrogen and oxygen atoms in total. The summed E-state index contributed by atoms with van der Waals surface area (Å²) >= 11 is 0. The van der Waals surface area contributed by atoms with Gasteiger partial charge in [-0.15, -0.1) is 0 Å². The SMILES string of the molecule is COc1ccnc(N[C@H]2CCO[C@@H]2c2cnn(C)c2C)n1. The van der Waals surface area contributed by atoms with Gasteiger partial charge in [0.15, 0.2) is 0 Å². The van der Waals surface area contributed by atoms with Gasteiger partial charge in [0.2, 0.25) is 11.8 Å². The number of hydrogen-bond acceptors (Lipinski definition) is 6. The Morgan fingerprint density at radius 3 is 3.05 bits per heavy atom. The molecule has 0 saturated carbocycles. The van der Waals surface area contributed by atoms with Crippen molar-refractivity contribution in [2.75, 3.05) is 19.0 Å². The van der Waals surface area contributed by atoms with Crippen LogP contribution in [0.1, 0.15) is 23.8 Å². The van der Waals surface area contributed by atoms with Crippen LogP contribution in [0.5, 0.6) is 5.88 Å². The summed E-state index contributed by atoms with van der Waals surface area (Å²) in [7, 11) is 3.52. The van der Waals surface area contributed by atoms with Gasteiger partial charge in [0, 0.05) is 37.2 Å². The monoisotopic (exact) mass is 289 g/mol. The number of methoxy groups -OCH3 is 1. The van der Waals surface area contributed by atoms with Crippen molar-refractivity contribution in [2.45, 2.75) is 25.5 Å². The maximum absolute atomic E-state index is 5.87. The maximum Gasteiger partial charge on any atom is 0.226 e. The van der Waals surface area contributed by atoms with Crippen molar-refractivity contribution in [1.29, 1.82) is 0 Å². The van der Waals surface area contributed by atoms with E-state index in [9.17, 15) is 0 Å². The minimum absolute atomic E-state index is 0.0338. The zero-order valence-corrected chi connectivity index (χ0v) is 12.4. The Labute approximate surface area is 123 Å². The average Bonchev–Trinajstić information content (AvgIpc) is 3.07. The summed E-state index contributed by atoms with van der Waals surface area (Å²) in [6, 6.07) is 1.85. The molecule has 112 valence electrons. The molecule has 3 heterocycles. The number of nitrogens with one attached hydrogen (secondary N) is 1. The fraction of sp³-hybridized carbons (Fsp3) is 0.500. The van der Waals surface area contributed by atoms with Crippen LogP contribution in [-0.2, 0) is 11.8 Å². The van der Waals surface area contributed by atoms with E-state index >= 15 is 0 Å². The molecule has 1 saturated heterocycles. The Kier molecular flexibility index (Phi) is 3.74. The Balaban J connectivity index is 1.79. The molecule has 2 atom stereocenters. The van der Waals surface area contributed by atoms with Crippen molar-refractivity contribution < 1.29 is 9.47 Å². The zero-order valence-electron chi connectivity index (χ0n) is 12.4. The van der Waals surface area contributed by atoms with E-state index in [-0.39, 0.29) is 12.1 Å². The predicted molar refractivity (Wildman–Crippen MR) is 77.2 cm³/mol. The average molecular weight is 289 g/mol. The molecule has 0 spiro atoms. The van der Waals surface area contributed by atoms with Crippen molar-refractivity contribution in [1.82, 2.24) is 19.7 Å². The van der Waals surface area contributed by atoms with Crippen LogP contribution < -0.4 is 10.1 Å². The first-order valence-electron chi connectivity index (χ1n) is 6.92. The summed E-state index contributed by atoms with van der Waals surface area (Å²) in [6.07, 6.45) is 4.41. The van der Waals surface area contributed by atoms with E-state index in [0.29, 0.717) is 18.4 Å². The van der Waals surface area contributed by atoms with Crippen LogP contribution in [0.3, 0.4) is 0 Å². The highest BCUT2D eigenvalue weighted by Gasteiger charge is 2.32. The van der Waals surface area contributed by atoms with Crippen LogP contribution in [0.25, 0.3) is 0 Å². The number of nitrogens with zero attached hydrogens (tertiary/aromatic N) is 4. The predicted octanol–water partition coefficient (Wildman–Crippen LogP) is 1.47. The molecule has 1 aliphatic heterocycles. The highest BCUT2D eigenvalue weighted by Crippen LogP contribution is 2.32. The molecular weight excluding hydrogens is 270 g/mol. The van der Waals surface area contributed by atoms with Crippen molar-refractivity contribution in [3.05, 3.63) is 29.7 Å². The Bertz CT molecular complexity index is 628. The molecule has 0 aromatic carbocycles. The van der Waals surface area contributed by atoms with Crippen molar-refractivity contribution in [2.24, 2.45) is 7.05 Å². The second kappa shape index (κ2) is 5.69. The Morgan fingerprint density at radius 2 is 2.33 bits per heavy atom. The molecule has 0 aliphatic carbocycles. The van der Waals surface area contributed by atoms with Crippen LogP contribution in [0.2, 0.25) is 0 Å². The van der Waals surface area contributed by atoms with Crippen LogP contribution in [0.15, 0.2) is 18.5 Å². The Hall–Kier alpha value is -2.15. The third-order valence-electron chi connectivity index (χ3n) is 3.83. The molecule has 0 bridgehead atoms. The van der Waals surface area contributed by atoms with Crippen LogP contribution >= 0.6 is 0 Å². The quantitative estimate of drug-likeness (QED) is 0.918. The summed E-state index contributed by atoms with van der Waals surface area (Å²) in [5.41, 5.74) is 2.22. The number of aromatic nitrogens is 4. The number of anilines is 1. The van der Waals surface area contributed by atoms with Crippen LogP contribution in [-0.4, -0.2) is 39.5 Å². The number of rotatable bonds is 4. The number of hydrogen-bond donors (Lipinski definition) is 1. The lowest BCUT2D eigenvalue weighted by Crippen LogP contribution is -2.24. The molecule has 2 aromatic rings. The van der Waals surface area contributed by atoms with Gasteiger partial charge in [-0.05, 0) is 13.3 Å². The van der Waals surface area contributed by atoms with Crippen molar-refractivity contribution >= 4 is 5.95 Å². The third kappa shape index (κ3) is 2.69. The third-order valence-corrected chi connectivity index (χ3v) is 3.83. The summed E-state index contributed by atoms with van der Waals surface area (Å²) in [5, 5.41) is 7.62. The molecule has 2 aromatic heterocycles. The van der Waals surface area contributed by atoms with Crippen molar-refractivity contribution in [3.63, 3.8) is 0 Å². The maximum atomic E-state index is 5.87. The van der Waals surface area contributed by atoms with Crippen molar-refractivity contribution in [3.8, 4) is 5.88 Å². The first kappa shape index (κ1) is 13.8. The summed E-state index contributed by atoms with van der Waals surface area (Å²) in [4.78, 5) is 8.52. The second-order valence-electron chi connectivity index (χ2n) is 5.06. The van der Waals surface area contributed by atoms with Gasteiger partial charge in [0.1, 0.15) is 6.10 Å². The summed E-state index contributed by atoms with van der Waals surface area (Å²) in [5.74, 6) is 1.09. The molecule has 1 fully saturated rings. The lowest BCUT2D eigenvalue weighted by molar-refractivity contribution is 0.107. The first-order valence-corrected chi connectivity index (χ1v) is 6.92. The molecule has 21 heavy (non-hydrogen) atoms. The second-order valence-corrected chi connectivity index (χ2v) is 5.06. The van der Waals surface area contributed by atoms with E-state index in [1.54, 1.807) is 19.4 Å². The molecule has 1 aliphatic rings. The van der Waals surface area contributed by atoms with Gasteiger partial charge in [-0.2, -0.15) is 10.1 Å². The lowest BCUT2D eigenvalue weighted by atomic mass is 10.0. The molecule has 1 N–H and O–H groups in total. The van der Waals surface area contributed by atoms with Gasteiger partial charge in [-0.25, -0.2) is 4.98 Å². The van der Waals surface area contributed by atoms with E-state index < -0.39 is 0 Å². The van der Waals surface area contributed by atoms with E-state index in [2.05, 4.69) is 20.4 Å². The summed E-state index contributed by atoms with van der Waals surface area (Å²) < 4.78 is 12.8. The smallest absolute Gasteiger partial charge is 0.226 e. The molecular formula is C14H19N5O2. The molecule has 3 rings (SSSR count). The minimum atomic E-state index is -0.0338. The van der Waals surface area contributed by atoms with E-state index in [0.717, 1.165) is 17.7 Å². The number of ether oxygens (including phenoxy) is 2. The lowest BCUT2D eigenvalue weighted by Gasteiger charge is -2.19. The highest BCUT2D eigenvalue weighted by molar-refractivity contribution is 5.32. The molecule has 7 heteroatoms. The first-order chi connectivity index (χ1) is 10.2. The van der Waals surface area contributed by atoms with Gasteiger partial charge in [0.05, 0.1) is 19.3 Å². The van der Waals surface area contributed by atoms with E-state index in [4.69, 9.17) is 9.47 Å². The van der Waals surface area contributed by atoms with Crippen LogP contribution in [0.4, 0.5) is 5.95 Å². The molecule has 0 radical (unpaired) electrons. The Morgan fingerprint density at radius 1 is 1.48 bits per heavy atom. The van der Waals surface area contributed by atoms with Gasteiger partial charge in [0.25, 0.3) is 0 Å². The van der Waals surface area contributed by atoms with Gasteiger partial charge >= 0.3 is 0 Å². The van der Waals surface area contributed by atoms with Gasteiger partial charge < -0.3 is 14.8 Å². The largest absolute Gasteiger partial charge is 0.481 e. The minimum Gasteiger partial charge on any atom is -0.481 e. The summed E-state index contributed by atoms with van der Waals surface area (Å²) in [6.45, 7) is 2.75.